The highest BCUT2D eigenvalue weighted by Crippen LogP contribution is 2.32. The molecule has 2 fully saturated rings. The predicted octanol–water partition coefficient (Wildman–Crippen LogP) is 2.40. The molecule has 0 unspecified atom stereocenters. The summed E-state index contributed by atoms with van der Waals surface area (Å²) in [6.45, 7) is 5.51. The summed E-state index contributed by atoms with van der Waals surface area (Å²) < 4.78 is 6.92. The molecule has 1 aliphatic carbocycles. The van der Waals surface area contributed by atoms with Crippen molar-refractivity contribution in [2.45, 2.75) is 25.5 Å². The fourth-order valence-electron chi connectivity index (χ4n) is 2.23. The maximum Gasteiger partial charge on any atom is 0.133 e. The maximum atomic E-state index is 5.83. The molecule has 1 N–H and O–H groups in total. The number of nitrogens with one attached hydrogen (secondary N) is 1. The summed E-state index contributed by atoms with van der Waals surface area (Å²) >= 11 is 3.61. The van der Waals surface area contributed by atoms with E-state index in [1.54, 1.807) is 0 Å². The molecule has 1 aromatic carbocycles. The van der Waals surface area contributed by atoms with Crippen LogP contribution < -0.4 is 10.1 Å². The summed E-state index contributed by atoms with van der Waals surface area (Å²) in [5.74, 6) is 0.988. The number of hydrogen-bond acceptors (Lipinski definition) is 3. The van der Waals surface area contributed by atoms with Crippen molar-refractivity contribution in [3.8, 4) is 5.75 Å². The minimum absolute atomic E-state index is 0.459. The van der Waals surface area contributed by atoms with Crippen LogP contribution in [0.4, 0.5) is 0 Å². The second kappa shape index (κ2) is 5.59. The second-order valence-corrected chi connectivity index (χ2v) is 5.96. The number of halogens is 1. The molecule has 0 spiro atoms. The molecule has 0 radical (unpaired) electrons. The van der Waals surface area contributed by atoms with Crippen molar-refractivity contribution < 1.29 is 4.74 Å². The Morgan fingerprint density at radius 3 is 2.72 bits per heavy atom. The Hall–Kier alpha value is -0.580. The van der Waals surface area contributed by atoms with E-state index in [2.05, 4.69) is 44.3 Å². The molecule has 3 rings (SSSR count). The monoisotopic (exact) mass is 310 g/mol. The van der Waals surface area contributed by atoms with Crippen LogP contribution in [0.1, 0.15) is 18.4 Å². The minimum Gasteiger partial charge on any atom is -0.489 e. The molecule has 1 aromatic rings. The van der Waals surface area contributed by atoms with Crippen LogP contribution in [0.5, 0.6) is 5.75 Å². The molecule has 98 valence electrons. The predicted molar refractivity (Wildman–Crippen MR) is 75.9 cm³/mol. The molecule has 4 heteroatoms. The van der Waals surface area contributed by atoms with Crippen LogP contribution in [0.2, 0.25) is 0 Å². The van der Waals surface area contributed by atoms with Gasteiger partial charge in [0, 0.05) is 32.7 Å². The summed E-state index contributed by atoms with van der Waals surface area (Å²) in [6.07, 6.45) is 2.87. The molecule has 0 atom stereocenters. The van der Waals surface area contributed by atoms with Crippen LogP contribution in [0.25, 0.3) is 0 Å². The summed E-state index contributed by atoms with van der Waals surface area (Å²) in [4.78, 5) is 2.49. The topological polar surface area (TPSA) is 24.5 Å². The molecule has 18 heavy (non-hydrogen) atoms. The van der Waals surface area contributed by atoms with Gasteiger partial charge in [-0.1, -0.05) is 6.07 Å². The third-order valence-electron chi connectivity index (χ3n) is 3.43. The molecule has 1 aliphatic heterocycles. The first-order chi connectivity index (χ1) is 8.81. The Morgan fingerprint density at radius 1 is 1.28 bits per heavy atom. The number of ether oxygens (including phenoxy) is 1. The quantitative estimate of drug-likeness (QED) is 0.924. The van der Waals surface area contributed by atoms with Gasteiger partial charge in [0.15, 0.2) is 0 Å². The average molecular weight is 311 g/mol. The number of piperazine rings is 1. The first kappa shape index (κ1) is 12.5. The molecule has 1 saturated carbocycles. The molecule has 1 heterocycles. The fourth-order valence-corrected chi connectivity index (χ4v) is 2.75. The van der Waals surface area contributed by atoms with Crippen LogP contribution in [0.15, 0.2) is 22.7 Å². The molecular weight excluding hydrogens is 292 g/mol. The van der Waals surface area contributed by atoms with Crippen LogP contribution in [0, 0.1) is 0 Å². The second-order valence-electron chi connectivity index (χ2n) is 5.11. The lowest BCUT2D eigenvalue weighted by atomic mass is 10.2. The van der Waals surface area contributed by atoms with Crippen molar-refractivity contribution in [1.82, 2.24) is 10.2 Å². The number of nitrogens with zero attached hydrogens (tertiary/aromatic N) is 1. The van der Waals surface area contributed by atoms with Crippen LogP contribution >= 0.6 is 15.9 Å². The van der Waals surface area contributed by atoms with E-state index in [1.807, 2.05) is 0 Å². The standard InChI is InChI=1S/C14H19BrN2O/c15-13-9-11(10-17-7-5-16-6-8-17)1-4-14(13)18-12-2-3-12/h1,4,9,12,16H,2-3,5-8,10H2. The maximum absolute atomic E-state index is 5.83. The van der Waals surface area contributed by atoms with Gasteiger partial charge in [0.25, 0.3) is 0 Å². The van der Waals surface area contributed by atoms with E-state index < -0.39 is 0 Å². The van der Waals surface area contributed by atoms with Crippen molar-refractivity contribution >= 4 is 15.9 Å². The lowest BCUT2D eigenvalue weighted by Crippen LogP contribution is -2.42. The summed E-state index contributed by atoms with van der Waals surface area (Å²) in [5.41, 5.74) is 1.35. The Balaban J connectivity index is 1.63. The lowest BCUT2D eigenvalue weighted by molar-refractivity contribution is 0.233. The van der Waals surface area contributed by atoms with Crippen molar-refractivity contribution in [3.05, 3.63) is 28.2 Å². The third-order valence-corrected chi connectivity index (χ3v) is 4.05. The zero-order chi connectivity index (χ0) is 12.4. The first-order valence-electron chi connectivity index (χ1n) is 6.69. The first-order valence-corrected chi connectivity index (χ1v) is 7.49. The molecule has 0 amide bonds. The molecular formula is C14H19BrN2O. The Labute approximate surface area is 117 Å². The Kier molecular flexibility index (Phi) is 3.87. The number of benzene rings is 1. The Morgan fingerprint density at radius 2 is 2.06 bits per heavy atom. The van der Waals surface area contributed by atoms with Gasteiger partial charge in [0.2, 0.25) is 0 Å². The van der Waals surface area contributed by atoms with Gasteiger partial charge in [-0.25, -0.2) is 0 Å². The van der Waals surface area contributed by atoms with E-state index >= 15 is 0 Å². The van der Waals surface area contributed by atoms with E-state index in [0.29, 0.717) is 6.10 Å². The summed E-state index contributed by atoms with van der Waals surface area (Å²) in [6, 6.07) is 6.48. The highest BCUT2D eigenvalue weighted by Gasteiger charge is 2.24. The van der Waals surface area contributed by atoms with E-state index in [4.69, 9.17) is 4.74 Å². The van der Waals surface area contributed by atoms with E-state index in [9.17, 15) is 0 Å². The van der Waals surface area contributed by atoms with E-state index in [0.717, 1.165) is 42.9 Å². The lowest BCUT2D eigenvalue weighted by Gasteiger charge is -2.27. The van der Waals surface area contributed by atoms with Crippen LogP contribution in [0.3, 0.4) is 0 Å². The van der Waals surface area contributed by atoms with Gasteiger partial charge in [0.1, 0.15) is 5.75 Å². The summed E-state index contributed by atoms with van der Waals surface area (Å²) in [5, 5.41) is 3.38. The smallest absolute Gasteiger partial charge is 0.133 e. The van der Waals surface area contributed by atoms with Gasteiger partial charge in [0.05, 0.1) is 10.6 Å². The van der Waals surface area contributed by atoms with Crippen LogP contribution in [-0.4, -0.2) is 37.2 Å². The number of rotatable bonds is 4. The van der Waals surface area contributed by atoms with Gasteiger partial charge >= 0.3 is 0 Å². The number of hydrogen-bond donors (Lipinski definition) is 1. The SMILES string of the molecule is Brc1cc(CN2CCNCC2)ccc1OC1CC1. The fraction of sp³-hybridized carbons (Fsp3) is 0.571. The van der Waals surface area contributed by atoms with Crippen molar-refractivity contribution in [3.63, 3.8) is 0 Å². The highest BCUT2D eigenvalue weighted by atomic mass is 79.9. The van der Waals surface area contributed by atoms with E-state index in [1.165, 1.54) is 18.4 Å². The Bertz CT molecular complexity index is 414. The molecule has 0 aromatic heterocycles. The van der Waals surface area contributed by atoms with Gasteiger partial charge < -0.3 is 10.1 Å². The van der Waals surface area contributed by atoms with Crippen molar-refractivity contribution in [2.75, 3.05) is 26.2 Å². The van der Waals surface area contributed by atoms with Gasteiger partial charge in [-0.2, -0.15) is 0 Å². The molecule has 3 nitrogen and oxygen atoms in total. The average Bonchev–Trinajstić information content (AvgIpc) is 3.18. The van der Waals surface area contributed by atoms with Gasteiger partial charge in [-0.15, -0.1) is 0 Å². The van der Waals surface area contributed by atoms with Gasteiger partial charge in [-0.3, -0.25) is 4.90 Å². The summed E-state index contributed by atoms with van der Waals surface area (Å²) in [7, 11) is 0. The van der Waals surface area contributed by atoms with Gasteiger partial charge in [-0.05, 0) is 46.5 Å². The largest absolute Gasteiger partial charge is 0.489 e. The third kappa shape index (κ3) is 3.25. The normalized spacial score (nSPS) is 20.9. The minimum atomic E-state index is 0.459. The van der Waals surface area contributed by atoms with Crippen molar-refractivity contribution in [2.24, 2.45) is 0 Å². The van der Waals surface area contributed by atoms with E-state index in [-0.39, 0.29) is 0 Å². The molecule has 0 bridgehead atoms. The zero-order valence-corrected chi connectivity index (χ0v) is 12.1. The molecule has 2 aliphatic rings. The highest BCUT2D eigenvalue weighted by molar-refractivity contribution is 9.10. The van der Waals surface area contributed by atoms with Crippen molar-refractivity contribution in [1.29, 1.82) is 0 Å². The molecule has 1 saturated heterocycles. The zero-order valence-electron chi connectivity index (χ0n) is 10.5. The van der Waals surface area contributed by atoms with Crippen LogP contribution in [-0.2, 0) is 6.54 Å².